The van der Waals surface area contributed by atoms with Gasteiger partial charge in [-0.1, -0.05) is 18.6 Å². The van der Waals surface area contributed by atoms with Crippen molar-refractivity contribution in [1.29, 1.82) is 0 Å². The minimum atomic E-state index is -0.362. The third kappa shape index (κ3) is 7.51. The fourth-order valence-corrected chi connectivity index (χ4v) is 3.54. The Balaban J connectivity index is 1.55. The molecule has 0 aliphatic carbocycles. The third-order valence-electron chi connectivity index (χ3n) is 5.18. The van der Waals surface area contributed by atoms with Crippen molar-refractivity contribution in [2.24, 2.45) is 4.99 Å². The SMILES string of the molecule is CCNC(=NCc1cccnc1Oc1cccc(F)c1)NCCCN1CCCCCC1=O. The Morgan fingerprint density at radius 1 is 1.22 bits per heavy atom. The van der Waals surface area contributed by atoms with E-state index in [1.807, 2.05) is 24.0 Å². The van der Waals surface area contributed by atoms with Crippen LogP contribution in [0.2, 0.25) is 0 Å². The van der Waals surface area contributed by atoms with Crippen molar-refractivity contribution < 1.29 is 13.9 Å². The average Bonchev–Trinajstić information content (AvgIpc) is 3.00. The number of carbonyl (C=O) groups excluding carboxylic acids is 1. The molecule has 0 atom stereocenters. The van der Waals surface area contributed by atoms with Crippen molar-refractivity contribution in [1.82, 2.24) is 20.5 Å². The normalized spacial score (nSPS) is 14.8. The van der Waals surface area contributed by atoms with Gasteiger partial charge in [-0.3, -0.25) is 4.79 Å². The predicted molar refractivity (Wildman–Crippen MR) is 123 cm³/mol. The van der Waals surface area contributed by atoms with E-state index in [1.165, 1.54) is 12.1 Å². The molecule has 1 aliphatic rings. The van der Waals surface area contributed by atoms with Crippen molar-refractivity contribution >= 4 is 11.9 Å². The van der Waals surface area contributed by atoms with Gasteiger partial charge in [-0.05, 0) is 44.4 Å². The van der Waals surface area contributed by atoms with E-state index in [4.69, 9.17) is 4.74 Å². The van der Waals surface area contributed by atoms with Gasteiger partial charge in [0.25, 0.3) is 0 Å². The standard InChI is InChI=1S/C24H32FN5O2/c1-2-26-24(28-14-8-16-30-15-5-3-4-12-22(30)31)29-18-19-9-7-13-27-23(19)32-21-11-6-10-20(25)17-21/h6-7,9-11,13,17H,2-5,8,12,14-16,18H2,1H3,(H2,26,28,29). The van der Waals surface area contributed by atoms with E-state index in [1.54, 1.807) is 18.3 Å². The topological polar surface area (TPSA) is 78.9 Å². The highest BCUT2D eigenvalue weighted by Gasteiger charge is 2.15. The zero-order chi connectivity index (χ0) is 22.6. The van der Waals surface area contributed by atoms with Gasteiger partial charge in [0.2, 0.25) is 11.8 Å². The molecule has 172 valence electrons. The van der Waals surface area contributed by atoms with Gasteiger partial charge in [-0.25, -0.2) is 14.4 Å². The zero-order valence-corrected chi connectivity index (χ0v) is 18.6. The van der Waals surface area contributed by atoms with Gasteiger partial charge in [0, 0.05) is 50.4 Å². The first kappa shape index (κ1) is 23.5. The van der Waals surface area contributed by atoms with Crippen molar-refractivity contribution in [3.05, 3.63) is 54.0 Å². The number of aromatic nitrogens is 1. The molecule has 8 heteroatoms. The predicted octanol–water partition coefficient (Wildman–Crippen LogP) is 3.86. The number of amides is 1. The Hall–Kier alpha value is -3.16. The van der Waals surface area contributed by atoms with Crippen LogP contribution in [0.5, 0.6) is 11.6 Å². The lowest BCUT2D eigenvalue weighted by Gasteiger charge is -2.20. The maximum absolute atomic E-state index is 13.5. The second kappa shape index (κ2) is 12.6. The van der Waals surface area contributed by atoms with E-state index in [9.17, 15) is 9.18 Å². The lowest BCUT2D eigenvalue weighted by molar-refractivity contribution is -0.130. The van der Waals surface area contributed by atoms with Gasteiger partial charge >= 0.3 is 0 Å². The van der Waals surface area contributed by atoms with Crippen LogP contribution in [0.4, 0.5) is 4.39 Å². The van der Waals surface area contributed by atoms with E-state index in [2.05, 4.69) is 20.6 Å². The molecule has 1 aliphatic heterocycles. The molecular formula is C24H32FN5O2. The fraction of sp³-hybridized carbons (Fsp3) is 0.458. The molecule has 1 fully saturated rings. The summed E-state index contributed by atoms with van der Waals surface area (Å²) in [5.74, 6) is 1.39. The lowest BCUT2D eigenvalue weighted by Crippen LogP contribution is -2.39. The highest BCUT2D eigenvalue weighted by atomic mass is 19.1. The Labute approximate surface area is 189 Å². The summed E-state index contributed by atoms with van der Waals surface area (Å²) in [5.41, 5.74) is 0.795. The number of nitrogens with zero attached hydrogens (tertiary/aromatic N) is 3. The van der Waals surface area contributed by atoms with Gasteiger partial charge in [0.05, 0.1) is 6.54 Å². The van der Waals surface area contributed by atoms with Crippen LogP contribution < -0.4 is 15.4 Å². The first-order chi connectivity index (χ1) is 15.7. The summed E-state index contributed by atoms with van der Waals surface area (Å²) in [6.07, 6.45) is 6.39. The molecule has 2 aromatic rings. The number of aliphatic imine (C=N–C) groups is 1. The molecule has 0 unspecified atom stereocenters. The number of benzene rings is 1. The molecule has 3 rings (SSSR count). The molecular weight excluding hydrogens is 409 g/mol. The molecule has 0 spiro atoms. The molecule has 1 aromatic carbocycles. The number of hydrogen-bond acceptors (Lipinski definition) is 4. The molecule has 32 heavy (non-hydrogen) atoms. The van der Waals surface area contributed by atoms with Crippen molar-refractivity contribution in [2.75, 3.05) is 26.2 Å². The second-order valence-electron chi connectivity index (χ2n) is 7.69. The molecule has 0 radical (unpaired) electrons. The van der Waals surface area contributed by atoms with Crippen molar-refractivity contribution in [3.63, 3.8) is 0 Å². The van der Waals surface area contributed by atoms with Crippen LogP contribution in [-0.2, 0) is 11.3 Å². The minimum Gasteiger partial charge on any atom is -0.439 e. The fourth-order valence-electron chi connectivity index (χ4n) is 3.54. The Kier molecular flexibility index (Phi) is 9.28. The van der Waals surface area contributed by atoms with Crippen LogP contribution in [0.1, 0.15) is 44.6 Å². The van der Waals surface area contributed by atoms with Gasteiger partial charge in [0.1, 0.15) is 11.6 Å². The number of pyridine rings is 1. The molecule has 0 bridgehead atoms. The number of guanidine groups is 1. The average molecular weight is 442 g/mol. The van der Waals surface area contributed by atoms with Crippen LogP contribution in [-0.4, -0.2) is 47.9 Å². The number of rotatable bonds is 9. The zero-order valence-electron chi connectivity index (χ0n) is 18.6. The Morgan fingerprint density at radius 2 is 2.12 bits per heavy atom. The Bertz CT molecular complexity index is 905. The summed E-state index contributed by atoms with van der Waals surface area (Å²) >= 11 is 0. The van der Waals surface area contributed by atoms with Crippen LogP contribution in [0.15, 0.2) is 47.6 Å². The summed E-state index contributed by atoms with van der Waals surface area (Å²) in [7, 11) is 0. The van der Waals surface area contributed by atoms with Gasteiger partial charge in [-0.15, -0.1) is 0 Å². The number of nitrogens with one attached hydrogen (secondary N) is 2. The summed E-state index contributed by atoms with van der Waals surface area (Å²) < 4.78 is 19.2. The summed E-state index contributed by atoms with van der Waals surface area (Å²) in [6.45, 7) is 5.45. The maximum Gasteiger partial charge on any atom is 0.224 e. The second-order valence-corrected chi connectivity index (χ2v) is 7.69. The quantitative estimate of drug-likeness (QED) is 0.351. The van der Waals surface area contributed by atoms with E-state index in [0.29, 0.717) is 30.6 Å². The molecule has 1 saturated heterocycles. The van der Waals surface area contributed by atoms with Crippen molar-refractivity contribution in [2.45, 2.75) is 45.6 Å². The van der Waals surface area contributed by atoms with Crippen molar-refractivity contribution in [3.8, 4) is 11.6 Å². The Morgan fingerprint density at radius 3 is 2.97 bits per heavy atom. The summed E-state index contributed by atoms with van der Waals surface area (Å²) in [4.78, 5) is 23.0. The molecule has 0 saturated carbocycles. The monoisotopic (exact) mass is 441 g/mol. The number of likely N-dealkylation sites (tertiary alicyclic amines) is 1. The van der Waals surface area contributed by atoms with Gasteiger partial charge in [0.15, 0.2) is 5.96 Å². The smallest absolute Gasteiger partial charge is 0.224 e. The first-order valence-electron chi connectivity index (χ1n) is 11.3. The molecule has 7 nitrogen and oxygen atoms in total. The van der Waals surface area contributed by atoms with Crippen LogP contribution in [0, 0.1) is 5.82 Å². The van der Waals surface area contributed by atoms with Crippen LogP contribution >= 0.6 is 0 Å². The summed E-state index contributed by atoms with van der Waals surface area (Å²) in [5, 5.41) is 6.56. The minimum absolute atomic E-state index is 0.269. The maximum atomic E-state index is 13.5. The van der Waals surface area contributed by atoms with E-state index in [-0.39, 0.29) is 11.7 Å². The van der Waals surface area contributed by atoms with Gasteiger partial charge < -0.3 is 20.3 Å². The molecule has 2 heterocycles. The summed E-state index contributed by atoms with van der Waals surface area (Å²) in [6, 6.07) is 9.68. The molecule has 1 amide bonds. The highest BCUT2D eigenvalue weighted by molar-refractivity contribution is 5.79. The van der Waals surface area contributed by atoms with E-state index >= 15 is 0 Å². The number of hydrogen-bond donors (Lipinski definition) is 2. The number of carbonyl (C=O) groups is 1. The first-order valence-corrected chi connectivity index (χ1v) is 11.3. The lowest BCUT2D eigenvalue weighted by atomic mass is 10.2. The molecule has 2 N–H and O–H groups in total. The van der Waals surface area contributed by atoms with Crippen LogP contribution in [0.3, 0.4) is 0 Å². The highest BCUT2D eigenvalue weighted by Crippen LogP contribution is 2.24. The largest absolute Gasteiger partial charge is 0.439 e. The van der Waals surface area contributed by atoms with Gasteiger partial charge in [-0.2, -0.15) is 0 Å². The molecule has 1 aromatic heterocycles. The van der Waals surface area contributed by atoms with E-state index in [0.717, 1.165) is 57.4 Å². The third-order valence-corrected chi connectivity index (χ3v) is 5.18. The van der Waals surface area contributed by atoms with E-state index < -0.39 is 0 Å². The number of ether oxygens (including phenoxy) is 1. The number of halogens is 1. The van der Waals surface area contributed by atoms with Crippen LogP contribution in [0.25, 0.3) is 0 Å².